The zero-order chi connectivity index (χ0) is 11.3. The van der Waals surface area contributed by atoms with Crippen molar-refractivity contribution in [2.45, 2.75) is 25.9 Å². The van der Waals surface area contributed by atoms with E-state index in [-0.39, 0.29) is 11.9 Å². The topological polar surface area (TPSA) is 12.0 Å². The first kappa shape index (κ1) is 12.0. The SMILES string of the molecule is C#CC(CC)NCc1c(F)cccc1Cl. The number of terminal acetylenes is 1. The Labute approximate surface area is 94.6 Å². The van der Waals surface area contributed by atoms with Crippen LogP contribution >= 0.6 is 11.6 Å². The number of hydrogen-bond acceptors (Lipinski definition) is 1. The summed E-state index contributed by atoms with van der Waals surface area (Å²) in [5.74, 6) is 2.28. The second kappa shape index (κ2) is 5.75. The van der Waals surface area contributed by atoms with E-state index >= 15 is 0 Å². The molecule has 1 N–H and O–H groups in total. The largest absolute Gasteiger partial charge is 0.299 e. The average Bonchev–Trinajstić information content (AvgIpc) is 2.23. The lowest BCUT2D eigenvalue weighted by atomic mass is 10.2. The summed E-state index contributed by atoms with van der Waals surface area (Å²) in [5.41, 5.74) is 0.466. The first-order chi connectivity index (χ1) is 7.19. The molecule has 0 saturated heterocycles. The van der Waals surface area contributed by atoms with Crippen LogP contribution in [0.4, 0.5) is 4.39 Å². The summed E-state index contributed by atoms with van der Waals surface area (Å²) in [7, 11) is 0. The minimum absolute atomic E-state index is 0.0410. The number of nitrogens with one attached hydrogen (secondary N) is 1. The molecule has 0 aromatic heterocycles. The van der Waals surface area contributed by atoms with Gasteiger partial charge in [0.15, 0.2) is 0 Å². The third kappa shape index (κ3) is 3.23. The van der Waals surface area contributed by atoms with Crippen LogP contribution in [-0.2, 0) is 6.54 Å². The lowest BCUT2D eigenvalue weighted by Crippen LogP contribution is -2.26. The van der Waals surface area contributed by atoms with E-state index < -0.39 is 0 Å². The zero-order valence-electron chi connectivity index (χ0n) is 8.56. The molecule has 0 saturated carbocycles. The van der Waals surface area contributed by atoms with Crippen molar-refractivity contribution in [1.29, 1.82) is 0 Å². The second-order valence-corrected chi connectivity index (χ2v) is 3.62. The molecule has 0 amide bonds. The Morgan fingerprint density at radius 3 is 2.87 bits per heavy atom. The van der Waals surface area contributed by atoms with Gasteiger partial charge in [-0.15, -0.1) is 6.42 Å². The Hall–Kier alpha value is -1.04. The Morgan fingerprint density at radius 1 is 1.60 bits per heavy atom. The monoisotopic (exact) mass is 225 g/mol. The van der Waals surface area contributed by atoms with E-state index in [0.29, 0.717) is 17.1 Å². The van der Waals surface area contributed by atoms with Crippen molar-refractivity contribution >= 4 is 11.6 Å². The van der Waals surface area contributed by atoms with Crippen molar-refractivity contribution in [1.82, 2.24) is 5.32 Å². The summed E-state index contributed by atoms with van der Waals surface area (Å²) < 4.78 is 13.3. The molecule has 1 unspecified atom stereocenters. The third-order valence-electron chi connectivity index (χ3n) is 2.20. The highest BCUT2D eigenvalue weighted by atomic mass is 35.5. The smallest absolute Gasteiger partial charge is 0.129 e. The fourth-order valence-electron chi connectivity index (χ4n) is 1.25. The standard InChI is InChI=1S/C12H13ClFN/c1-3-9(4-2)15-8-10-11(13)6-5-7-12(10)14/h1,5-7,9,15H,4,8H2,2H3. The van der Waals surface area contributed by atoms with Crippen LogP contribution in [0, 0.1) is 18.2 Å². The van der Waals surface area contributed by atoms with Crippen molar-refractivity contribution in [2.24, 2.45) is 0 Å². The number of rotatable bonds is 4. The molecule has 1 atom stereocenters. The fourth-order valence-corrected chi connectivity index (χ4v) is 1.48. The predicted molar refractivity (Wildman–Crippen MR) is 61.2 cm³/mol. The summed E-state index contributed by atoms with van der Waals surface area (Å²) in [6.07, 6.45) is 6.09. The second-order valence-electron chi connectivity index (χ2n) is 3.21. The van der Waals surface area contributed by atoms with Crippen molar-refractivity contribution in [3.8, 4) is 12.3 Å². The summed E-state index contributed by atoms with van der Waals surface area (Å²) in [6.45, 7) is 2.33. The van der Waals surface area contributed by atoms with Crippen molar-refractivity contribution in [3.63, 3.8) is 0 Å². The molecule has 1 nitrogen and oxygen atoms in total. The maximum atomic E-state index is 13.3. The van der Waals surface area contributed by atoms with Gasteiger partial charge in [0.1, 0.15) is 5.82 Å². The van der Waals surface area contributed by atoms with Crippen LogP contribution in [0.5, 0.6) is 0 Å². The highest BCUT2D eigenvalue weighted by Crippen LogP contribution is 2.18. The van der Waals surface area contributed by atoms with Gasteiger partial charge in [-0.3, -0.25) is 5.32 Å². The van der Waals surface area contributed by atoms with Gasteiger partial charge in [-0.2, -0.15) is 0 Å². The van der Waals surface area contributed by atoms with E-state index in [2.05, 4.69) is 11.2 Å². The fraction of sp³-hybridized carbons (Fsp3) is 0.333. The third-order valence-corrected chi connectivity index (χ3v) is 2.55. The van der Waals surface area contributed by atoms with Crippen molar-refractivity contribution < 1.29 is 4.39 Å². The van der Waals surface area contributed by atoms with Crippen LogP contribution in [0.3, 0.4) is 0 Å². The molecular formula is C12H13ClFN. The molecule has 0 aliphatic rings. The summed E-state index contributed by atoms with van der Waals surface area (Å²) in [6, 6.07) is 4.60. The molecule has 0 fully saturated rings. The van der Waals surface area contributed by atoms with Crippen molar-refractivity contribution in [2.75, 3.05) is 0 Å². The van der Waals surface area contributed by atoms with Gasteiger partial charge >= 0.3 is 0 Å². The maximum Gasteiger partial charge on any atom is 0.129 e. The molecule has 0 aliphatic carbocycles. The van der Waals surface area contributed by atoms with Crippen LogP contribution in [0.15, 0.2) is 18.2 Å². The van der Waals surface area contributed by atoms with E-state index in [1.165, 1.54) is 6.07 Å². The molecule has 0 bridgehead atoms. The minimum Gasteiger partial charge on any atom is -0.299 e. The van der Waals surface area contributed by atoms with Gasteiger partial charge in [-0.1, -0.05) is 30.5 Å². The van der Waals surface area contributed by atoms with Gasteiger partial charge in [0.25, 0.3) is 0 Å². The van der Waals surface area contributed by atoms with Crippen LogP contribution in [0.1, 0.15) is 18.9 Å². The molecule has 15 heavy (non-hydrogen) atoms. The highest BCUT2D eigenvalue weighted by Gasteiger charge is 2.08. The normalized spacial score (nSPS) is 12.1. The molecule has 80 valence electrons. The number of benzene rings is 1. The minimum atomic E-state index is -0.304. The van der Waals surface area contributed by atoms with E-state index in [4.69, 9.17) is 18.0 Å². The summed E-state index contributed by atoms with van der Waals surface area (Å²) in [5, 5.41) is 3.48. The number of hydrogen-bond donors (Lipinski definition) is 1. The van der Waals surface area contributed by atoms with E-state index in [1.54, 1.807) is 12.1 Å². The van der Waals surface area contributed by atoms with Gasteiger partial charge in [0.2, 0.25) is 0 Å². The quantitative estimate of drug-likeness (QED) is 0.777. The molecule has 1 aromatic rings. The molecule has 3 heteroatoms. The Balaban J connectivity index is 2.69. The molecule has 0 spiro atoms. The van der Waals surface area contributed by atoms with Crippen LogP contribution in [0.25, 0.3) is 0 Å². The van der Waals surface area contributed by atoms with Crippen LogP contribution < -0.4 is 5.32 Å². The Morgan fingerprint density at radius 2 is 2.33 bits per heavy atom. The molecule has 1 rings (SSSR count). The first-order valence-corrected chi connectivity index (χ1v) is 5.19. The predicted octanol–water partition coefficient (Wildman–Crippen LogP) is 2.98. The molecule has 0 radical (unpaired) electrons. The van der Waals surface area contributed by atoms with Crippen LogP contribution in [0.2, 0.25) is 5.02 Å². The molecule has 1 aromatic carbocycles. The molecule has 0 heterocycles. The Bertz CT molecular complexity index is 350. The van der Waals surface area contributed by atoms with Gasteiger partial charge in [-0.05, 0) is 18.6 Å². The van der Waals surface area contributed by atoms with E-state index in [1.807, 2.05) is 6.92 Å². The summed E-state index contributed by atoms with van der Waals surface area (Å²) in [4.78, 5) is 0. The number of halogens is 2. The molecule has 0 aliphatic heterocycles. The summed E-state index contributed by atoms with van der Waals surface area (Å²) >= 11 is 5.87. The lowest BCUT2D eigenvalue weighted by molar-refractivity contribution is 0.556. The van der Waals surface area contributed by atoms with Crippen molar-refractivity contribution in [3.05, 3.63) is 34.6 Å². The first-order valence-electron chi connectivity index (χ1n) is 4.81. The zero-order valence-corrected chi connectivity index (χ0v) is 9.31. The molecular weight excluding hydrogens is 213 g/mol. The van der Waals surface area contributed by atoms with Gasteiger partial charge in [-0.25, -0.2) is 4.39 Å². The van der Waals surface area contributed by atoms with Gasteiger partial charge in [0.05, 0.1) is 6.04 Å². The lowest BCUT2D eigenvalue weighted by Gasteiger charge is -2.11. The van der Waals surface area contributed by atoms with Gasteiger partial charge < -0.3 is 0 Å². The highest BCUT2D eigenvalue weighted by molar-refractivity contribution is 6.31. The average molecular weight is 226 g/mol. The maximum absolute atomic E-state index is 13.3. The van der Waals surface area contributed by atoms with E-state index in [0.717, 1.165) is 6.42 Å². The Kier molecular flexibility index (Phi) is 4.61. The van der Waals surface area contributed by atoms with E-state index in [9.17, 15) is 4.39 Å². The van der Waals surface area contributed by atoms with Crippen LogP contribution in [-0.4, -0.2) is 6.04 Å². The van der Waals surface area contributed by atoms with Gasteiger partial charge in [0, 0.05) is 17.1 Å².